The topological polar surface area (TPSA) is 0 Å². The molecule has 0 unspecified atom stereocenters. The zero-order valence-corrected chi connectivity index (χ0v) is 26.1. The minimum Gasteiger partial charge on any atom is -1.00 e. The Morgan fingerprint density at radius 3 is 1.03 bits per heavy atom. The standard InChI is InChI=1S/2C11H17.C4H11Si.2ClH.Zr/c2*1-8(2)10-5-6-11(7-10)9(3)4;1-3-5-4-2;;;/h2*5-9H,1-4H3;5H,3-4H2,1-2H3;2*1H;/q2*-1;;;;+4/p-2. The third kappa shape index (κ3) is 16.1. The Bertz CT molecular complexity index is 500. The van der Waals surface area contributed by atoms with E-state index < -0.39 is 0 Å². The van der Waals surface area contributed by atoms with E-state index in [9.17, 15) is 0 Å². The molecular weight excluding hydrogens is 503 g/mol. The molecule has 0 nitrogen and oxygen atoms in total. The molecule has 0 spiro atoms. The van der Waals surface area contributed by atoms with Crippen LogP contribution in [0.3, 0.4) is 0 Å². The van der Waals surface area contributed by atoms with Gasteiger partial charge in [0.05, 0.1) is 0 Å². The van der Waals surface area contributed by atoms with Crippen LogP contribution >= 0.6 is 0 Å². The summed E-state index contributed by atoms with van der Waals surface area (Å²) in [5, 5.41) is 0. The predicted octanol–water partition coefficient (Wildman–Crippen LogP) is 2.61. The fourth-order valence-corrected chi connectivity index (χ4v) is 3.26. The molecule has 0 saturated carbocycles. The molecule has 0 bridgehead atoms. The van der Waals surface area contributed by atoms with Crippen LogP contribution in [0.1, 0.15) is 115 Å². The maximum atomic E-state index is 2.31. The SMILES string of the molecule is CC(C)c1c[cH-]c(C(C)C)c1.CC(C)c1c[cH-]c(C(C)C)c1.CC[SiH]CC.[Cl-].[Cl-].[Zr+4]. The third-order valence-corrected chi connectivity index (χ3v) is 6.00. The molecule has 4 heteroatoms. The van der Waals surface area contributed by atoms with Gasteiger partial charge in [-0.1, -0.05) is 93.2 Å². The van der Waals surface area contributed by atoms with Gasteiger partial charge in [-0.25, -0.2) is 12.1 Å². The maximum absolute atomic E-state index is 2.31. The number of hydrogen-bond donors (Lipinski definition) is 0. The number of hydrogen-bond acceptors (Lipinski definition) is 0. The second kappa shape index (κ2) is 21.2. The molecule has 0 atom stereocenters. The molecule has 0 aliphatic rings. The minimum absolute atomic E-state index is 0. The fourth-order valence-electron chi connectivity index (χ4n) is 2.69. The molecule has 0 heterocycles. The fraction of sp³-hybridized carbons (Fsp3) is 0.615. The van der Waals surface area contributed by atoms with E-state index in [1.165, 1.54) is 34.3 Å². The van der Waals surface area contributed by atoms with Gasteiger partial charge in [0.1, 0.15) is 0 Å². The maximum Gasteiger partial charge on any atom is 4.00 e. The molecule has 0 aromatic heterocycles. The molecule has 2 rings (SSSR count). The van der Waals surface area contributed by atoms with Gasteiger partial charge < -0.3 is 24.8 Å². The van der Waals surface area contributed by atoms with Gasteiger partial charge in [0.2, 0.25) is 0 Å². The summed E-state index contributed by atoms with van der Waals surface area (Å²) < 4.78 is 0. The van der Waals surface area contributed by atoms with Crippen LogP contribution in [0.15, 0.2) is 36.4 Å². The molecule has 0 aliphatic carbocycles. The van der Waals surface area contributed by atoms with Crippen molar-refractivity contribution >= 4 is 9.52 Å². The van der Waals surface area contributed by atoms with Crippen molar-refractivity contribution in [3.05, 3.63) is 58.7 Å². The van der Waals surface area contributed by atoms with Crippen molar-refractivity contribution in [2.75, 3.05) is 0 Å². The Morgan fingerprint density at radius 2 is 0.933 bits per heavy atom. The summed E-state index contributed by atoms with van der Waals surface area (Å²) in [6.45, 7) is 22.4. The van der Waals surface area contributed by atoms with Crippen LogP contribution in [-0.2, 0) is 26.2 Å². The molecular formula is C26H45Cl2SiZr. The van der Waals surface area contributed by atoms with Gasteiger partial charge in [0.25, 0.3) is 0 Å². The van der Waals surface area contributed by atoms with Crippen LogP contribution in [0.4, 0.5) is 0 Å². The first-order valence-corrected chi connectivity index (χ1v) is 12.6. The zero-order chi connectivity index (χ0) is 21.0. The molecule has 0 N–H and O–H groups in total. The van der Waals surface area contributed by atoms with Crippen LogP contribution in [0, 0.1) is 0 Å². The van der Waals surface area contributed by atoms with E-state index in [2.05, 4.69) is 106 Å². The summed E-state index contributed by atoms with van der Waals surface area (Å²) in [7, 11) is 0.815. The Hall–Kier alpha value is 0.380. The predicted molar refractivity (Wildman–Crippen MR) is 129 cm³/mol. The Kier molecular flexibility index (Phi) is 26.7. The summed E-state index contributed by atoms with van der Waals surface area (Å²) in [6, 6.07) is 16.4. The zero-order valence-electron chi connectivity index (χ0n) is 21.0. The van der Waals surface area contributed by atoms with E-state index in [1.54, 1.807) is 0 Å². The first-order valence-electron chi connectivity index (χ1n) is 11.0. The Labute approximate surface area is 222 Å². The van der Waals surface area contributed by atoms with Gasteiger partial charge in [0.15, 0.2) is 0 Å². The summed E-state index contributed by atoms with van der Waals surface area (Å²) in [5.41, 5.74) is 5.87. The number of halogens is 2. The van der Waals surface area contributed by atoms with Crippen LogP contribution in [0.2, 0.25) is 12.1 Å². The summed E-state index contributed by atoms with van der Waals surface area (Å²) in [5.74, 6) is 2.68. The van der Waals surface area contributed by atoms with E-state index in [1.807, 2.05) is 0 Å². The molecule has 171 valence electrons. The summed E-state index contributed by atoms with van der Waals surface area (Å²) in [4.78, 5) is 0. The molecule has 1 radical (unpaired) electrons. The monoisotopic (exact) mass is 545 g/mol. The largest absolute Gasteiger partial charge is 4.00 e. The van der Waals surface area contributed by atoms with Crippen molar-refractivity contribution in [3.8, 4) is 0 Å². The van der Waals surface area contributed by atoms with Crippen molar-refractivity contribution in [2.45, 2.75) is 105 Å². The van der Waals surface area contributed by atoms with E-state index in [-0.39, 0.29) is 51.0 Å². The molecule has 0 amide bonds. The Morgan fingerprint density at radius 1 is 0.633 bits per heavy atom. The molecule has 2 aromatic rings. The normalized spacial score (nSPS) is 9.80. The minimum atomic E-state index is 0. The average Bonchev–Trinajstić information content (AvgIpc) is 3.27. The van der Waals surface area contributed by atoms with Crippen LogP contribution < -0.4 is 24.8 Å². The first-order chi connectivity index (χ1) is 12.6. The second-order valence-electron chi connectivity index (χ2n) is 8.68. The second-order valence-corrected chi connectivity index (χ2v) is 10.9. The summed E-state index contributed by atoms with van der Waals surface area (Å²) >= 11 is 0. The van der Waals surface area contributed by atoms with E-state index >= 15 is 0 Å². The van der Waals surface area contributed by atoms with Crippen molar-refractivity contribution in [1.82, 2.24) is 0 Å². The van der Waals surface area contributed by atoms with Crippen LogP contribution in [0.25, 0.3) is 0 Å². The van der Waals surface area contributed by atoms with E-state index in [4.69, 9.17) is 0 Å². The molecule has 0 fully saturated rings. The van der Waals surface area contributed by atoms with Crippen molar-refractivity contribution < 1.29 is 51.0 Å². The number of rotatable bonds is 6. The van der Waals surface area contributed by atoms with Crippen molar-refractivity contribution in [1.29, 1.82) is 0 Å². The summed E-state index contributed by atoms with van der Waals surface area (Å²) in [6.07, 6.45) is 0. The van der Waals surface area contributed by atoms with E-state index in [0.29, 0.717) is 23.7 Å². The van der Waals surface area contributed by atoms with Gasteiger partial charge >= 0.3 is 26.2 Å². The van der Waals surface area contributed by atoms with Crippen LogP contribution in [0.5, 0.6) is 0 Å². The van der Waals surface area contributed by atoms with Crippen LogP contribution in [-0.4, -0.2) is 9.52 Å². The van der Waals surface area contributed by atoms with Gasteiger partial charge in [-0.2, -0.15) is 46.5 Å². The average molecular weight is 548 g/mol. The molecule has 2 aromatic carbocycles. The molecule has 30 heavy (non-hydrogen) atoms. The van der Waals surface area contributed by atoms with Gasteiger partial charge in [0, 0.05) is 9.52 Å². The quantitative estimate of drug-likeness (QED) is 0.385. The Balaban J connectivity index is -0.000000171. The first kappa shape index (κ1) is 37.7. The third-order valence-electron chi connectivity index (χ3n) is 4.85. The van der Waals surface area contributed by atoms with Gasteiger partial charge in [-0.3, -0.25) is 0 Å². The molecule has 0 aliphatic heterocycles. The molecule has 0 saturated heterocycles. The van der Waals surface area contributed by atoms with Crippen molar-refractivity contribution in [2.24, 2.45) is 0 Å². The van der Waals surface area contributed by atoms with Gasteiger partial charge in [-0.05, 0) is 11.8 Å². The van der Waals surface area contributed by atoms with Crippen molar-refractivity contribution in [3.63, 3.8) is 0 Å². The smallest absolute Gasteiger partial charge is 1.00 e. The van der Waals surface area contributed by atoms with Gasteiger partial charge in [-0.15, -0.1) is 0 Å². The van der Waals surface area contributed by atoms with E-state index in [0.717, 1.165) is 9.52 Å².